The average Bonchev–Trinajstić information content (AvgIpc) is 3.52. The summed E-state index contributed by atoms with van der Waals surface area (Å²) in [6.45, 7) is 7.15. The zero-order valence-electron chi connectivity index (χ0n) is 35.2. The highest BCUT2D eigenvalue weighted by atomic mass is 16.5. The number of carbonyl (C=O) groups excluding carboxylic acids is 1. The first-order chi connectivity index (χ1) is 27.2. The number of aliphatic hydroxyl groups is 5. The summed E-state index contributed by atoms with van der Waals surface area (Å²) in [6.07, 6.45) is 20.3. The van der Waals surface area contributed by atoms with Gasteiger partial charge in [-0.1, -0.05) is 64.5 Å². The lowest BCUT2D eigenvalue weighted by Crippen LogP contribution is -2.68. The third-order valence-corrected chi connectivity index (χ3v) is 19.2. The Morgan fingerprint density at radius 3 is 2.46 bits per heavy atom. The molecule has 9 heteroatoms. The third kappa shape index (κ3) is 6.38. The van der Waals surface area contributed by atoms with Crippen LogP contribution in [0.3, 0.4) is 0 Å². The van der Waals surface area contributed by atoms with Crippen LogP contribution in [0.1, 0.15) is 143 Å². The van der Waals surface area contributed by atoms with E-state index in [1.165, 1.54) is 19.3 Å². The van der Waals surface area contributed by atoms with Gasteiger partial charge in [0.2, 0.25) is 0 Å². The van der Waals surface area contributed by atoms with Gasteiger partial charge in [-0.05, 0) is 167 Å². The molecule has 19 unspecified atom stereocenters. The predicted molar refractivity (Wildman–Crippen MR) is 219 cm³/mol. The number of fused-ring (bicyclic) bond motifs is 3. The molecule has 9 nitrogen and oxygen atoms in total. The number of rotatable bonds is 7. The van der Waals surface area contributed by atoms with Gasteiger partial charge in [-0.2, -0.15) is 0 Å². The summed E-state index contributed by atoms with van der Waals surface area (Å²) in [5.41, 5.74) is 2.89. The lowest BCUT2D eigenvalue weighted by Gasteiger charge is -2.66. The van der Waals surface area contributed by atoms with Crippen LogP contribution in [0.25, 0.3) is 0 Å². The molecule has 7 aliphatic carbocycles. The van der Waals surface area contributed by atoms with Gasteiger partial charge in [-0.3, -0.25) is 4.79 Å². The summed E-state index contributed by atoms with van der Waals surface area (Å²) in [5, 5.41) is 65.9. The van der Waals surface area contributed by atoms with E-state index in [1.54, 1.807) is 6.08 Å². The predicted octanol–water partition coefficient (Wildman–Crippen LogP) is 5.94. The van der Waals surface area contributed by atoms with Crippen LogP contribution in [-0.4, -0.2) is 85.7 Å². The maximum atomic E-state index is 14.7. The third-order valence-electron chi connectivity index (χ3n) is 19.2. The zero-order valence-corrected chi connectivity index (χ0v) is 35.2. The smallest absolute Gasteiger partial charge is 0.159 e. The fraction of sp³-hybridized carbons (Fsp3) is 0.896. The van der Waals surface area contributed by atoms with E-state index in [2.05, 4.69) is 31.3 Å². The van der Waals surface area contributed by atoms with E-state index in [9.17, 15) is 30.3 Å². The quantitative estimate of drug-likeness (QED) is 0.155. The maximum Gasteiger partial charge on any atom is 0.159 e. The van der Waals surface area contributed by atoms with Crippen molar-refractivity contribution in [3.05, 3.63) is 23.8 Å². The van der Waals surface area contributed by atoms with Crippen LogP contribution in [0.4, 0.5) is 0 Å². The summed E-state index contributed by atoms with van der Waals surface area (Å²) in [6, 6.07) is 0. The van der Waals surface area contributed by atoms with Crippen LogP contribution in [0.15, 0.2) is 23.8 Å². The summed E-state index contributed by atoms with van der Waals surface area (Å²) in [4.78, 5) is 14.7. The molecule has 320 valence electrons. The standard InChI is InChI=1S/C48H76N2O7/c1-4-8-28-11-16-33-27(2)43(57-39(33)17-12-28)44(54)45(3,55)40-19-20-48(56)35-22-36(51)34-21-37(52)38(53)25-46(34)23-29(31-15-18-41(49)50-26-31)13-14-30(42(35)46)24-47(40,48)32-9-6-5-7-10-32/h13-14,22,27-34,37-44,50,52-56H,4-12,15-21,23-26,49H2,1-3H3. The molecule has 2 saturated heterocycles. The van der Waals surface area contributed by atoms with E-state index < -0.39 is 58.3 Å². The van der Waals surface area contributed by atoms with Crippen LogP contribution in [-0.2, 0) is 9.53 Å². The molecular weight excluding hydrogens is 717 g/mol. The number of ether oxygens (including phenoxy) is 1. The number of allylic oxidation sites excluding steroid dienone is 3. The highest BCUT2D eigenvalue weighted by molar-refractivity contribution is 5.95. The number of piperidine rings is 1. The van der Waals surface area contributed by atoms with E-state index in [4.69, 9.17) is 10.5 Å². The van der Waals surface area contributed by atoms with Crippen LogP contribution < -0.4 is 11.1 Å². The van der Waals surface area contributed by atoms with Gasteiger partial charge >= 0.3 is 0 Å². The SMILES string of the molecule is CCCC1CCC2OC(C(O)C(C)(O)C3CCC4(O)C5=CC(=O)C6CC(O)C(O)CC67CC(C6CCC(N)NC6)C=CC(CC34C3CCCCC3)C57)C(C)C2CC1. The Labute approximate surface area is 342 Å². The molecule has 2 aliphatic heterocycles. The van der Waals surface area contributed by atoms with Gasteiger partial charge < -0.3 is 41.3 Å². The number of ketones is 1. The molecule has 9 aliphatic rings. The number of carbonyl (C=O) groups is 1. The Bertz CT molecular complexity index is 1550. The number of nitrogens with two attached hydrogens (primary N) is 1. The van der Waals surface area contributed by atoms with Gasteiger partial charge in [0.15, 0.2) is 5.78 Å². The second-order valence-electron chi connectivity index (χ2n) is 21.8. The van der Waals surface area contributed by atoms with E-state index in [0.29, 0.717) is 37.5 Å². The normalized spacial score (nSPS) is 51.7. The van der Waals surface area contributed by atoms with Gasteiger partial charge in [0, 0.05) is 11.3 Å². The minimum atomic E-state index is -1.53. The molecular formula is C48H76N2O7. The van der Waals surface area contributed by atoms with Crippen molar-refractivity contribution in [1.82, 2.24) is 5.32 Å². The minimum Gasteiger partial charge on any atom is -0.390 e. The summed E-state index contributed by atoms with van der Waals surface area (Å²) in [5.74, 6) is 0.853. The van der Waals surface area contributed by atoms with Gasteiger partial charge in [0.05, 0.1) is 41.8 Å². The lowest BCUT2D eigenvalue weighted by atomic mass is 9.39. The molecule has 57 heavy (non-hydrogen) atoms. The van der Waals surface area contributed by atoms with E-state index in [0.717, 1.165) is 88.7 Å². The van der Waals surface area contributed by atoms with Crippen LogP contribution >= 0.6 is 0 Å². The molecule has 0 aromatic rings. The average molecular weight is 793 g/mol. The topological polar surface area (TPSA) is 166 Å². The molecule has 0 amide bonds. The van der Waals surface area contributed by atoms with Gasteiger partial charge in [-0.15, -0.1) is 0 Å². The van der Waals surface area contributed by atoms with Gasteiger partial charge in [0.25, 0.3) is 0 Å². The molecule has 5 saturated carbocycles. The van der Waals surface area contributed by atoms with Crippen molar-refractivity contribution in [3.8, 4) is 0 Å². The first-order valence-electron chi connectivity index (χ1n) is 23.8. The summed E-state index contributed by atoms with van der Waals surface area (Å²) >= 11 is 0. The molecule has 2 heterocycles. The van der Waals surface area contributed by atoms with Crippen molar-refractivity contribution in [2.24, 2.45) is 75.7 Å². The van der Waals surface area contributed by atoms with E-state index in [1.807, 2.05) is 6.92 Å². The number of nitrogens with one attached hydrogen (secondary N) is 1. The van der Waals surface area contributed by atoms with Crippen molar-refractivity contribution in [2.45, 2.75) is 191 Å². The molecule has 9 rings (SSSR count). The fourth-order valence-electron chi connectivity index (χ4n) is 16.5. The molecule has 1 spiro atoms. The monoisotopic (exact) mass is 793 g/mol. The van der Waals surface area contributed by atoms with Crippen molar-refractivity contribution in [2.75, 3.05) is 6.54 Å². The molecule has 0 bridgehead atoms. The Balaban J connectivity index is 1.12. The first kappa shape index (κ1) is 41.2. The summed E-state index contributed by atoms with van der Waals surface area (Å²) in [7, 11) is 0. The molecule has 0 radical (unpaired) electrons. The molecule has 8 N–H and O–H groups in total. The summed E-state index contributed by atoms with van der Waals surface area (Å²) < 4.78 is 6.87. The van der Waals surface area contributed by atoms with E-state index >= 15 is 0 Å². The Morgan fingerprint density at radius 1 is 0.965 bits per heavy atom. The van der Waals surface area contributed by atoms with Crippen LogP contribution in [0.5, 0.6) is 0 Å². The highest BCUT2D eigenvalue weighted by Crippen LogP contribution is 2.75. The van der Waals surface area contributed by atoms with Crippen LogP contribution in [0, 0.1) is 70.0 Å². The molecule has 7 fully saturated rings. The van der Waals surface area contributed by atoms with Crippen molar-refractivity contribution in [3.63, 3.8) is 0 Å². The number of hydrogen-bond donors (Lipinski definition) is 7. The Hall–Kier alpha value is -1.17. The second kappa shape index (κ2) is 15.3. The Kier molecular flexibility index (Phi) is 11.1. The fourth-order valence-corrected chi connectivity index (χ4v) is 16.5. The largest absolute Gasteiger partial charge is 0.390 e. The number of aliphatic hydroxyl groups excluding tert-OH is 3. The second-order valence-corrected chi connectivity index (χ2v) is 21.8. The lowest BCUT2D eigenvalue weighted by molar-refractivity contribution is -0.224. The van der Waals surface area contributed by atoms with E-state index in [-0.39, 0.29) is 54.1 Å². The molecule has 0 aromatic carbocycles. The van der Waals surface area contributed by atoms with Crippen LogP contribution in [0.2, 0.25) is 0 Å². The Morgan fingerprint density at radius 2 is 1.72 bits per heavy atom. The molecule has 0 aromatic heterocycles. The van der Waals surface area contributed by atoms with Gasteiger partial charge in [0.1, 0.15) is 6.10 Å². The zero-order chi connectivity index (χ0) is 40.1. The number of hydrogen-bond acceptors (Lipinski definition) is 9. The highest BCUT2D eigenvalue weighted by Gasteiger charge is 2.75. The van der Waals surface area contributed by atoms with Crippen molar-refractivity contribution < 1.29 is 35.1 Å². The van der Waals surface area contributed by atoms with Crippen molar-refractivity contribution in [1.29, 1.82) is 0 Å². The maximum absolute atomic E-state index is 14.7. The minimum absolute atomic E-state index is 0.0156. The van der Waals surface area contributed by atoms with Gasteiger partial charge in [-0.25, -0.2) is 0 Å². The van der Waals surface area contributed by atoms with Crippen molar-refractivity contribution >= 4 is 5.78 Å². The molecule has 19 atom stereocenters. The first-order valence-corrected chi connectivity index (χ1v) is 23.8.